The molecule has 26 heavy (non-hydrogen) atoms. The monoisotopic (exact) mass is 353 g/mol. The number of Topliss-reactive ketones (excluding diaryl/α,β-unsaturated/α-hetero) is 1. The number of benzene rings is 2. The summed E-state index contributed by atoms with van der Waals surface area (Å²) >= 11 is 0. The molecule has 0 heterocycles. The van der Waals surface area contributed by atoms with Gasteiger partial charge in [0.05, 0.1) is 0 Å². The summed E-state index contributed by atoms with van der Waals surface area (Å²) in [5, 5.41) is 2.70. The van der Waals surface area contributed by atoms with Crippen LogP contribution < -0.4 is 5.32 Å². The van der Waals surface area contributed by atoms with Crippen molar-refractivity contribution in [1.82, 2.24) is 5.32 Å². The number of ether oxygens (including phenoxy) is 1. The highest BCUT2D eigenvalue weighted by molar-refractivity contribution is 5.99. The Morgan fingerprint density at radius 1 is 0.885 bits per heavy atom. The lowest BCUT2D eigenvalue weighted by Crippen LogP contribution is -2.43. The zero-order chi connectivity index (χ0) is 18.9. The van der Waals surface area contributed by atoms with Crippen molar-refractivity contribution >= 4 is 17.7 Å². The van der Waals surface area contributed by atoms with Crippen molar-refractivity contribution in [2.24, 2.45) is 5.92 Å². The van der Waals surface area contributed by atoms with Crippen LogP contribution in [0.1, 0.15) is 41.0 Å². The molecule has 0 saturated heterocycles. The van der Waals surface area contributed by atoms with Crippen LogP contribution in [0.5, 0.6) is 0 Å². The van der Waals surface area contributed by atoms with Crippen molar-refractivity contribution in [2.75, 3.05) is 6.61 Å². The molecule has 5 heteroatoms. The van der Waals surface area contributed by atoms with Gasteiger partial charge in [-0.05, 0) is 24.5 Å². The molecule has 0 aromatic heterocycles. The van der Waals surface area contributed by atoms with Crippen molar-refractivity contribution in [1.29, 1.82) is 0 Å². The van der Waals surface area contributed by atoms with Gasteiger partial charge in [0.2, 0.25) is 0 Å². The molecule has 0 radical (unpaired) electrons. The molecule has 5 nitrogen and oxygen atoms in total. The molecule has 0 fully saturated rings. The van der Waals surface area contributed by atoms with E-state index in [1.54, 1.807) is 54.6 Å². The number of ketones is 1. The number of hydrogen-bond acceptors (Lipinski definition) is 4. The van der Waals surface area contributed by atoms with Gasteiger partial charge in [0.25, 0.3) is 5.91 Å². The van der Waals surface area contributed by atoms with Crippen molar-refractivity contribution in [2.45, 2.75) is 26.3 Å². The smallest absolute Gasteiger partial charge is 0.329 e. The molecule has 0 aliphatic heterocycles. The maximum Gasteiger partial charge on any atom is 0.329 e. The molecule has 2 aromatic carbocycles. The Labute approximate surface area is 153 Å². The molecule has 1 N–H and O–H groups in total. The number of hydrogen-bond donors (Lipinski definition) is 1. The number of esters is 1. The highest BCUT2D eigenvalue weighted by Gasteiger charge is 2.24. The second-order valence-corrected chi connectivity index (χ2v) is 6.42. The first-order valence-corrected chi connectivity index (χ1v) is 8.58. The fraction of sp³-hybridized carbons (Fsp3) is 0.286. The molecule has 1 unspecified atom stereocenters. The summed E-state index contributed by atoms with van der Waals surface area (Å²) in [5.74, 6) is -1.06. The van der Waals surface area contributed by atoms with E-state index >= 15 is 0 Å². The zero-order valence-electron chi connectivity index (χ0n) is 15.0. The third-order valence-electron chi connectivity index (χ3n) is 3.77. The zero-order valence-corrected chi connectivity index (χ0v) is 15.0. The van der Waals surface area contributed by atoms with Crippen LogP contribution in [0.3, 0.4) is 0 Å². The molecule has 1 atom stereocenters. The van der Waals surface area contributed by atoms with E-state index in [0.29, 0.717) is 17.5 Å². The van der Waals surface area contributed by atoms with E-state index < -0.39 is 12.0 Å². The second kappa shape index (κ2) is 9.51. The third kappa shape index (κ3) is 5.84. The van der Waals surface area contributed by atoms with Gasteiger partial charge in [0.15, 0.2) is 12.4 Å². The minimum absolute atomic E-state index is 0.174. The lowest BCUT2D eigenvalue weighted by molar-refractivity contribution is -0.145. The predicted molar refractivity (Wildman–Crippen MR) is 98.9 cm³/mol. The summed E-state index contributed by atoms with van der Waals surface area (Å²) in [6.45, 7) is 3.55. The summed E-state index contributed by atoms with van der Waals surface area (Å²) in [6, 6.07) is 16.5. The first-order chi connectivity index (χ1) is 12.5. The molecule has 0 spiro atoms. The SMILES string of the molecule is CC(C)CC(NC(=O)c1ccccc1)C(=O)OCC(=O)c1ccccc1. The fourth-order valence-electron chi connectivity index (χ4n) is 2.46. The first kappa shape index (κ1) is 19.4. The van der Waals surface area contributed by atoms with Crippen LogP contribution in [0.15, 0.2) is 60.7 Å². The van der Waals surface area contributed by atoms with Gasteiger partial charge < -0.3 is 10.1 Å². The highest BCUT2D eigenvalue weighted by atomic mass is 16.5. The van der Waals surface area contributed by atoms with Gasteiger partial charge in [-0.15, -0.1) is 0 Å². The molecule has 0 bridgehead atoms. The fourth-order valence-corrected chi connectivity index (χ4v) is 2.46. The van der Waals surface area contributed by atoms with Gasteiger partial charge in [-0.2, -0.15) is 0 Å². The minimum Gasteiger partial charge on any atom is -0.456 e. The van der Waals surface area contributed by atoms with Crippen molar-refractivity contribution < 1.29 is 19.1 Å². The standard InChI is InChI=1S/C21H23NO4/c1-15(2)13-18(22-20(24)17-11-7-4-8-12-17)21(25)26-14-19(23)16-9-5-3-6-10-16/h3-12,15,18H,13-14H2,1-2H3,(H,22,24). The van der Waals surface area contributed by atoms with E-state index in [1.165, 1.54) is 0 Å². The Morgan fingerprint density at radius 3 is 1.96 bits per heavy atom. The van der Waals surface area contributed by atoms with E-state index in [4.69, 9.17) is 4.74 Å². The average molecular weight is 353 g/mol. The molecule has 0 aliphatic rings. The van der Waals surface area contributed by atoms with Gasteiger partial charge in [0.1, 0.15) is 6.04 Å². The topological polar surface area (TPSA) is 72.5 Å². The Hall–Kier alpha value is -2.95. The summed E-state index contributed by atoms with van der Waals surface area (Å²) in [5.41, 5.74) is 0.948. The number of nitrogens with one attached hydrogen (secondary N) is 1. The normalized spacial score (nSPS) is 11.7. The quantitative estimate of drug-likeness (QED) is 0.584. The Kier molecular flexibility index (Phi) is 7.09. The third-order valence-corrected chi connectivity index (χ3v) is 3.77. The van der Waals surface area contributed by atoms with Crippen LogP contribution in [0.25, 0.3) is 0 Å². The lowest BCUT2D eigenvalue weighted by Gasteiger charge is -2.19. The molecule has 136 valence electrons. The molecule has 1 amide bonds. The van der Waals surface area contributed by atoms with Gasteiger partial charge >= 0.3 is 5.97 Å². The maximum atomic E-state index is 12.4. The predicted octanol–water partition coefficient (Wildman–Crippen LogP) is 3.26. The highest BCUT2D eigenvalue weighted by Crippen LogP contribution is 2.09. The maximum absolute atomic E-state index is 12.4. The molecular formula is C21H23NO4. The van der Waals surface area contributed by atoms with Gasteiger partial charge in [-0.1, -0.05) is 62.4 Å². The molecule has 0 aliphatic carbocycles. The Bertz CT molecular complexity index is 741. The Balaban J connectivity index is 1.98. The van der Waals surface area contributed by atoms with Gasteiger partial charge in [0, 0.05) is 11.1 Å². The molecular weight excluding hydrogens is 330 g/mol. The van der Waals surface area contributed by atoms with E-state index in [1.807, 2.05) is 19.9 Å². The first-order valence-electron chi connectivity index (χ1n) is 8.58. The van der Waals surface area contributed by atoms with Crippen LogP contribution in [0.2, 0.25) is 0 Å². The van der Waals surface area contributed by atoms with Crippen LogP contribution in [-0.2, 0) is 9.53 Å². The molecule has 0 saturated carbocycles. The lowest BCUT2D eigenvalue weighted by atomic mass is 10.0. The largest absolute Gasteiger partial charge is 0.456 e. The van der Waals surface area contributed by atoms with Crippen molar-refractivity contribution in [3.05, 3.63) is 71.8 Å². The minimum atomic E-state index is -0.800. The number of carbonyl (C=O) groups excluding carboxylic acids is 3. The van der Waals surface area contributed by atoms with E-state index in [-0.39, 0.29) is 24.2 Å². The summed E-state index contributed by atoms with van der Waals surface area (Å²) in [7, 11) is 0. The van der Waals surface area contributed by atoms with Crippen LogP contribution in [0, 0.1) is 5.92 Å². The number of carbonyl (C=O) groups is 3. The summed E-state index contributed by atoms with van der Waals surface area (Å²) < 4.78 is 5.15. The number of amides is 1. The van der Waals surface area contributed by atoms with Crippen LogP contribution >= 0.6 is 0 Å². The average Bonchev–Trinajstić information content (AvgIpc) is 2.66. The van der Waals surface area contributed by atoms with E-state index in [2.05, 4.69) is 5.32 Å². The van der Waals surface area contributed by atoms with Gasteiger partial charge in [-0.3, -0.25) is 9.59 Å². The molecule has 2 rings (SSSR count). The van der Waals surface area contributed by atoms with Crippen LogP contribution in [0.4, 0.5) is 0 Å². The van der Waals surface area contributed by atoms with E-state index in [9.17, 15) is 14.4 Å². The van der Waals surface area contributed by atoms with Crippen molar-refractivity contribution in [3.63, 3.8) is 0 Å². The van der Waals surface area contributed by atoms with Crippen molar-refractivity contribution in [3.8, 4) is 0 Å². The number of rotatable bonds is 8. The Morgan fingerprint density at radius 2 is 1.42 bits per heavy atom. The summed E-state index contributed by atoms with van der Waals surface area (Å²) in [4.78, 5) is 36.8. The van der Waals surface area contributed by atoms with Gasteiger partial charge in [-0.25, -0.2) is 4.79 Å². The second-order valence-electron chi connectivity index (χ2n) is 6.42. The van der Waals surface area contributed by atoms with E-state index in [0.717, 1.165) is 0 Å². The molecule has 2 aromatic rings. The summed E-state index contributed by atoms with van der Waals surface area (Å²) in [6.07, 6.45) is 0.428. The van der Waals surface area contributed by atoms with Crippen LogP contribution in [-0.4, -0.2) is 30.3 Å².